The maximum absolute atomic E-state index is 13.6. The molecule has 30 heavy (non-hydrogen) atoms. The Morgan fingerprint density at radius 2 is 1.50 bits per heavy atom. The molecular weight excluding hydrogens is 439 g/mol. The van der Waals surface area contributed by atoms with E-state index in [0.717, 1.165) is 12.1 Å². The highest BCUT2D eigenvalue weighted by Crippen LogP contribution is 2.20. The zero-order valence-corrected chi connectivity index (χ0v) is 17.1. The molecule has 0 saturated carbocycles. The van der Waals surface area contributed by atoms with E-state index in [1.54, 1.807) is 4.90 Å². The highest BCUT2D eigenvalue weighted by atomic mass is 35.5. The van der Waals surface area contributed by atoms with E-state index in [4.69, 9.17) is 23.2 Å². The maximum Gasteiger partial charge on any atom is 0.254 e. The summed E-state index contributed by atoms with van der Waals surface area (Å²) in [7, 11) is 0. The first-order chi connectivity index (χ1) is 14.2. The van der Waals surface area contributed by atoms with E-state index in [9.17, 15) is 23.2 Å². The van der Waals surface area contributed by atoms with Crippen LogP contribution in [0.4, 0.5) is 8.78 Å². The zero-order valence-electron chi connectivity index (χ0n) is 15.6. The summed E-state index contributed by atoms with van der Waals surface area (Å²) in [5.41, 5.74) is 0.0145. The normalized spacial score (nSPS) is 13.9. The lowest BCUT2D eigenvalue weighted by molar-refractivity contribution is -0.131. The van der Waals surface area contributed by atoms with Crippen molar-refractivity contribution in [3.8, 4) is 0 Å². The molecule has 3 amide bonds. The highest BCUT2D eigenvalue weighted by Gasteiger charge is 2.25. The van der Waals surface area contributed by atoms with Crippen LogP contribution in [0.3, 0.4) is 0 Å². The third-order valence-electron chi connectivity index (χ3n) is 4.61. The lowest BCUT2D eigenvalue weighted by atomic mass is 10.1. The fourth-order valence-electron chi connectivity index (χ4n) is 3.06. The number of amides is 3. The van der Waals surface area contributed by atoms with Crippen molar-refractivity contribution in [2.45, 2.75) is 0 Å². The van der Waals surface area contributed by atoms with Crippen LogP contribution in [-0.2, 0) is 4.79 Å². The first-order valence-electron chi connectivity index (χ1n) is 9.01. The van der Waals surface area contributed by atoms with Gasteiger partial charge in [0.2, 0.25) is 5.91 Å². The van der Waals surface area contributed by atoms with E-state index in [-0.39, 0.29) is 37.0 Å². The standard InChI is InChI=1S/C20H17Cl2F2N3O3/c21-13-7-12(8-14(22)9-13)20(30)27-5-3-26(4-6-27)18(28)11-25-19(29)16-2-1-15(23)10-17(16)24/h1-2,7-10H,3-6,11H2,(H,25,29). The topological polar surface area (TPSA) is 69.7 Å². The summed E-state index contributed by atoms with van der Waals surface area (Å²) in [6.45, 7) is 0.817. The van der Waals surface area contributed by atoms with E-state index >= 15 is 0 Å². The third-order valence-corrected chi connectivity index (χ3v) is 5.04. The number of carbonyl (C=O) groups is 3. The molecule has 0 atom stereocenters. The SMILES string of the molecule is O=C(NCC(=O)N1CCN(C(=O)c2cc(Cl)cc(Cl)c2)CC1)c1ccc(F)cc1F. The molecule has 0 aliphatic carbocycles. The van der Waals surface area contributed by atoms with Crippen molar-refractivity contribution in [2.24, 2.45) is 0 Å². The van der Waals surface area contributed by atoms with Gasteiger partial charge in [-0.1, -0.05) is 23.2 Å². The van der Waals surface area contributed by atoms with Crippen molar-refractivity contribution in [3.63, 3.8) is 0 Å². The molecule has 158 valence electrons. The van der Waals surface area contributed by atoms with Crippen LogP contribution in [0, 0.1) is 11.6 Å². The Morgan fingerprint density at radius 3 is 2.10 bits per heavy atom. The summed E-state index contributed by atoms with van der Waals surface area (Å²) in [5, 5.41) is 3.04. The molecule has 0 spiro atoms. The van der Waals surface area contributed by atoms with Gasteiger partial charge in [-0.25, -0.2) is 8.78 Å². The molecule has 6 nitrogen and oxygen atoms in total. The van der Waals surface area contributed by atoms with Crippen LogP contribution in [0.5, 0.6) is 0 Å². The van der Waals surface area contributed by atoms with Crippen LogP contribution < -0.4 is 5.32 Å². The molecule has 0 radical (unpaired) electrons. The van der Waals surface area contributed by atoms with Gasteiger partial charge in [-0.3, -0.25) is 14.4 Å². The van der Waals surface area contributed by atoms with E-state index in [2.05, 4.69) is 5.32 Å². The summed E-state index contributed by atoms with van der Waals surface area (Å²) in [6, 6.07) is 7.15. The van der Waals surface area contributed by atoms with Crippen LogP contribution in [0.1, 0.15) is 20.7 Å². The second-order valence-electron chi connectivity index (χ2n) is 6.64. The molecule has 1 saturated heterocycles. The van der Waals surface area contributed by atoms with Crippen LogP contribution in [0.15, 0.2) is 36.4 Å². The van der Waals surface area contributed by atoms with Crippen LogP contribution in [0.25, 0.3) is 0 Å². The van der Waals surface area contributed by atoms with Gasteiger partial charge in [0.1, 0.15) is 11.6 Å². The molecule has 1 heterocycles. The molecule has 3 rings (SSSR count). The number of piperazine rings is 1. The molecule has 1 fully saturated rings. The minimum atomic E-state index is -1.01. The Morgan fingerprint density at radius 1 is 0.900 bits per heavy atom. The Balaban J connectivity index is 1.51. The number of nitrogens with zero attached hydrogens (tertiary/aromatic N) is 2. The fraction of sp³-hybridized carbons (Fsp3) is 0.250. The van der Waals surface area contributed by atoms with Gasteiger partial charge in [0.25, 0.3) is 11.8 Å². The Labute approximate surface area is 181 Å². The van der Waals surface area contributed by atoms with Gasteiger partial charge in [0.05, 0.1) is 12.1 Å². The van der Waals surface area contributed by atoms with Crippen molar-refractivity contribution in [3.05, 3.63) is 69.2 Å². The Kier molecular flexibility index (Phi) is 6.89. The molecule has 1 aliphatic heterocycles. The van der Waals surface area contributed by atoms with Crippen molar-refractivity contribution >= 4 is 40.9 Å². The summed E-state index contributed by atoms with van der Waals surface area (Å²) >= 11 is 11.9. The van der Waals surface area contributed by atoms with E-state index in [1.165, 1.54) is 23.1 Å². The minimum absolute atomic E-state index is 0.244. The monoisotopic (exact) mass is 455 g/mol. The number of hydrogen-bond acceptors (Lipinski definition) is 3. The van der Waals surface area contributed by atoms with Gasteiger partial charge in [-0.15, -0.1) is 0 Å². The second-order valence-corrected chi connectivity index (χ2v) is 7.51. The number of hydrogen-bond donors (Lipinski definition) is 1. The molecule has 2 aromatic rings. The lowest BCUT2D eigenvalue weighted by Gasteiger charge is -2.35. The van der Waals surface area contributed by atoms with Gasteiger partial charge < -0.3 is 15.1 Å². The zero-order chi connectivity index (χ0) is 21.8. The van der Waals surface area contributed by atoms with Gasteiger partial charge >= 0.3 is 0 Å². The predicted molar refractivity (Wildman–Crippen MR) is 108 cm³/mol. The largest absolute Gasteiger partial charge is 0.343 e. The van der Waals surface area contributed by atoms with Crippen molar-refractivity contribution in [1.82, 2.24) is 15.1 Å². The maximum atomic E-state index is 13.6. The Hall–Kier alpha value is -2.71. The van der Waals surface area contributed by atoms with Crippen LogP contribution in [0.2, 0.25) is 10.0 Å². The first kappa shape index (κ1) is 22.0. The fourth-order valence-corrected chi connectivity index (χ4v) is 3.58. The second kappa shape index (κ2) is 9.40. The molecule has 1 N–H and O–H groups in total. The average molecular weight is 456 g/mol. The summed E-state index contributed by atoms with van der Waals surface area (Å²) < 4.78 is 26.6. The van der Waals surface area contributed by atoms with Crippen molar-refractivity contribution < 1.29 is 23.2 Å². The van der Waals surface area contributed by atoms with Crippen molar-refractivity contribution in [1.29, 1.82) is 0 Å². The number of nitrogens with one attached hydrogen (secondary N) is 1. The predicted octanol–water partition coefficient (Wildman–Crippen LogP) is 2.99. The van der Waals surface area contributed by atoms with Crippen LogP contribution >= 0.6 is 23.2 Å². The summed E-state index contributed by atoms with van der Waals surface area (Å²) in [5.74, 6) is -3.23. The molecule has 0 unspecified atom stereocenters. The third kappa shape index (κ3) is 5.25. The quantitative estimate of drug-likeness (QED) is 0.770. The number of carbonyl (C=O) groups excluding carboxylic acids is 3. The molecule has 0 bridgehead atoms. The van der Waals surface area contributed by atoms with Gasteiger partial charge in [-0.05, 0) is 30.3 Å². The highest BCUT2D eigenvalue weighted by molar-refractivity contribution is 6.35. The average Bonchev–Trinajstić information content (AvgIpc) is 2.70. The molecule has 1 aliphatic rings. The van der Waals surface area contributed by atoms with Gasteiger partial charge in [0, 0.05) is 47.9 Å². The van der Waals surface area contributed by atoms with Gasteiger partial charge in [-0.2, -0.15) is 0 Å². The van der Waals surface area contributed by atoms with Crippen molar-refractivity contribution in [2.75, 3.05) is 32.7 Å². The van der Waals surface area contributed by atoms with E-state index in [0.29, 0.717) is 34.8 Å². The van der Waals surface area contributed by atoms with E-state index in [1.807, 2.05) is 0 Å². The lowest BCUT2D eigenvalue weighted by Crippen LogP contribution is -2.52. The Bertz CT molecular complexity index is 975. The number of halogens is 4. The smallest absolute Gasteiger partial charge is 0.254 e. The molecule has 2 aromatic carbocycles. The minimum Gasteiger partial charge on any atom is -0.343 e. The van der Waals surface area contributed by atoms with Crippen LogP contribution in [-0.4, -0.2) is 60.2 Å². The molecule has 0 aromatic heterocycles. The van der Waals surface area contributed by atoms with Gasteiger partial charge in [0.15, 0.2) is 0 Å². The molecule has 10 heteroatoms. The molecular formula is C20H17Cl2F2N3O3. The number of benzene rings is 2. The number of rotatable bonds is 4. The van der Waals surface area contributed by atoms with E-state index < -0.39 is 17.5 Å². The summed E-state index contributed by atoms with van der Waals surface area (Å²) in [6.07, 6.45) is 0. The first-order valence-corrected chi connectivity index (χ1v) is 9.76. The summed E-state index contributed by atoms with van der Waals surface area (Å²) in [4.78, 5) is 40.0.